The molecule has 1 saturated heterocycles. The van der Waals surface area contributed by atoms with Gasteiger partial charge >= 0.3 is 0 Å². The fourth-order valence-corrected chi connectivity index (χ4v) is 7.17. The topological polar surface area (TPSA) is 146 Å². The molecular formula is C28H22Cl3FN8O2S. The third-order valence-corrected chi connectivity index (χ3v) is 10.0. The molecule has 3 heterocycles. The first-order valence-electron chi connectivity index (χ1n) is 12.8. The molecular weight excluding hydrogens is 638 g/mol. The van der Waals surface area contributed by atoms with Crippen LogP contribution in [0.4, 0.5) is 27.1 Å². The third-order valence-electron chi connectivity index (χ3n) is 7.00. The van der Waals surface area contributed by atoms with Gasteiger partial charge in [-0.3, -0.25) is 18.4 Å². The van der Waals surface area contributed by atoms with Crippen LogP contribution in [0.2, 0.25) is 15.1 Å². The molecule has 1 atom stereocenters. The van der Waals surface area contributed by atoms with E-state index in [2.05, 4.69) is 37.1 Å². The fourth-order valence-electron chi connectivity index (χ4n) is 4.98. The SMILES string of the molecule is N#Cc1cnc2c(Cl)cc(N[C@@H](c3cccc(N4CCCS4(O)O)c3)c3cn[nH]n3)cc2c1Nc1ccc(Cl)c(Cl)c1F. The lowest BCUT2D eigenvalue weighted by Crippen LogP contribution is -2.22. The molecule has 0 aliphatic carbocycles. The van der Waals surface area contributed by atoms with Crippen molar-refractivity contribution in [2.45, 2.75) is 12.5 Å². The number of aromatic nitrogens is 4. The lowest BCUT2D eigenvalue weighted by Gasteiger charge is -2.38. The van der Waals surface area contributed by atoms with E-state index in [4.69, 9.17) is 34.8 Å². The van der Waals surface area contributed by atoms with Gasteiger partial charge in [0.25, 0.3) is 0 Å². The predicted molar refractivity (Wildman–Crippen MR) is 169 cm³/mol. The van der Waals surface area contributed by atoms with E-state index in [-0.39, 0.29) is 32.0 Å². The highest BCUT2D eigenvalue weighted by Crippen LogP contribution is 2.51. The van der Waals surface area contributed by atoms with E-state index in [0.29, 0.717) is 46.7 Å². The smallest absolute Gasteiger partial charge is 0.166 e. The normalized spacial score (nSPS) is 15.7. The van der Waals surface area contributed by atoms with Crippen LogP contribution in [0.3, 0.4) is 0 Å². The van der Waals surface area contributed by atoms with Crippen LogP contribution in [0.15, 0.2) is 60.9 Å². The zero-order valence-electron chi connectivity index (χ0n) is 22.0. The van der Waals surface area contributed by atoms with Crippen molar-refractivity contribution < 1.29 is 13.5 Å². The number of aromatic amines is 1. The molecule has 0 unspecified atom stereocenters. The van der Waals surface area contributed by atoms with Crippen molar-refractivity contribution in [1.82, 2.24) is 20.4 Å². The molecule has 10 nitrogen and oxygen atoms in total. The highest BCUT2D eigenvalue weighted by molar-refractivity contribution is 8.25. The Morgan fingerprint density at radius 3 is 2.65 bits per heavy atom. The van der Waals surface area contributed by atoms with Crippen LogP contribution in [-0.4, -0.2) is 41.8 Å². The predicted octanol–water partition coefficient (Wildman–Crippen LogP) is 8.14. The Bertz CT molecular complexity index is 1890. The largest absolute Gasteiger partial charge is 0.373 e. The van der Waals surface area contributed by atoms with E-state index in [0.717, 1.165) is 5.56 Å². The molecule has 5 aromatic rings. The number of nitriles is 1. The molecule has 5 N–H and O–H groups in total. The number of H-pyrrole nitrogens is 1. The number of nitrogens with zero attached hydrogens (tertiary/aromatic N) is 5. The van der Waals surface area contributed by atoms with Crippen molar-refractivity contribution in [2.24, 2.45) is 0 Å². The molecule has 0 amide bonds. The Labute approximate surface area is 261 Å². The number of fused-ring (bicyclic) bond motifs is 1. The molecule has 15 heteroatoms. The van der Waals surface area contributed by atoms with Crippen molar-refractivity contribution in [3.8, 4) is 6.07 Å². The molecule has 1 aliphatic rings. The second-order valence-electron chi connectivity index (χ2n) is 9.72. The summed E-state index contributed by atoms with van der Waals surface area (Å²) in [4.78, 5) is 4.36. The van der Waals surface area contributed by atoms with Gasteiger partial charge in [-0.15, -0.1) is 10.8 Å². The molecule has 0 bridgehead atoms. The number of halogens is 4. The summed E-state index contributed by atoms with van der Waals surface area (Å²) in [5.41, 5.74) is 3.35. The van der Waals surface area contributed by atoms with Gasteiger partial charge in [0.2, 0.25) is 0 Å². The lowest BCUT2D eigenvalue weighted by atomic mass is 10.0. The summed E-state index contributed by atoms with van der Waals surface area (Å²) in [7, 11) is -2.89. The molecule has 0 saturated carbocycles. The average Bonchev–Trinajstić information content (AvgIpc) is 3.66. The van der Waals surface area contributed by atoms with E-state index in [1.807, 2.05) is 24.3 Å². The van der Waals surface area contributed by atoms with Crippen molar-refractivity contribution in [2.75, 3.05) is 27.2 Å². The van der Waals surface area contributed by atoms with Gasteiger partial charge in [0, 0.05) is 23.8 Å². The minimum Gasteiger partial charge on any atom is -0.373 e. The Morgan fingerprint density at radius 1 is 1.09 bits per heavy atom. The van der Waals surface area contributed by atoms with Gasteiger partial charge < -0.3 is 10.6 Å². The number of nitrogens with one attached hydrogen (secondary N) is 3. The van der Waals surface area contributed by atoms with E-state index in [9.17, 15) is 18.8 Å². The van der Waals surface area contributed by atoms with Crippen molar-refractivity contribution >= 4 is 79.2 Å². The van der Waals surface area contributed by atoms with E-state index in [1.54, 1.807) is 22.6 Å². The van der Waals surface area contributed by atoms with E-state index < -0.39 is 22.6 Å². The average molecular weight is 660 g/mol. The van der Waals surface area contributed by atoms with Crippen molar-refractivity contribution in [3.05, 3.63) is 98.6 Å². The lowest BCUT2D eigenvalue weighted by molar-refractivity contribution is 0.491. The third kappa shape index (κ3) is 5.63. The van der Waals surface area contributed by atoms with Crippen LogP contribution in [0.5, 0.6) is 0 Å². The van der Waals surface area contributed by atoms with Crippen LogP contribution in [0, 0.1) is 17.1 Å². The first-order valence-corrected chi connectivity index (χ1v) is 15.7. The summed E-state index contributed by atoms with van der Waals surface area (Å²) in [6, 6.07) is 15.2. The number of rotatable bonds is 7. The number of anilines is 4. The quantitative estimate of drug-likeness (QED) is 0.109. The van der Waals surface area contributed by atoms with Crippen molar-refractivity contribution in [3.63, 3.8) is 0 Å². The van der Waals surface area contributed by atoms with Gasteiger partial charge in [0.1, 0.15) is 11.8 Å². The number of hydrogen-bond donors (Lipinski definition) is 5. The monoisotopic (exact) mass is 658 g/mol. The van der Waals surface area contributed by atoms with Gasteiger partial charge in [-0.05, 0) is 48.4 Å². The Morgan fingerprint density at radius 2 is 1.93 bits per heavy atom. The second-order valence-corrected chi connectivity index (χ2v) is 13.0. The summed E-state index contributed by atoms with van der Waals surface area (Å²) < 4.78 is 37.7. The van der Waals surface area contributed by atoms with E-state index in [1.165, 1.54) is 18.3 Å². The van der Waals surface area contributed by atoms with Crippen LogP contribution in [-0.2, 0) is 0 Å². The highest BCUT2D eigenvalue weighted by Gasteiger charge is 2.30. The summed E-state index contributed by atoms with van der Waals surface area (Å²) in [5.74, 6) is -0.456. The number of benzene rings is 3. The Balaban J connectivity index is 1.43. The number of hydrogen-bond acceptors (Lipinski definition) is 9. The van der Waals surface area contributed by atoms with E-state index >= 15 is 0 Å². The van der Waals surface area contributed by atoms with Gasteiger partial charge in [0.15, 0.2) is 5.82 Å². The van der Waals surface area contributed by atoms with Gasteiger partial charge in [-0.1, -0.05) is 46.9 Å². The molecule has 43 heavy (non-hydrogen) atoms. The molecule has 220 valence electrons. The molecule has 3 aromatic carbocycles. The minimum atomic E-state index is -2.89. The maximum atomic E-state index is 15.0. The number of pyridine rings is 1. The maximum Gasteiger partial charge on any atom is 0.166 e. The molecule has 2 aromatic heterocycles. The van der Waals surface area contributed by atoms with Crippen molar-refractivity contribution in [1.29, 1.82) is 5.26 Å². The molecule has 0 spiro atoms. The first-order chi connectivity index (χ1) is 20.7. The second kappa shape index (κ2) is 11.7. The van der Waals surface area contributed by atoms with Crippen LogP contribution in [0.1, 0.15) is 29.3 Å². The fraction of sp³-hybridized carbons (Fsp3) is 0.143. The molecule has 0 radical (unpaired) electrons. The Hall–Kier alpha value is -3.83. The van der Waals surface area contributed by atoms with Crippen LogP contribution >= 0.6 is 45.6 Å². The highest BCUT2D eigenvalue weighted by atomic mass is 35.5. The maximum absolute atomic E-state index is 15.0. The summed E-state index contributed by atoms with van der Waals surface area (Å²) in [6.45, 7) is 0.525. The van der Waals surface area contributed by atoms with Gasteiger partial charge in [0.05, 0.1) is 61.2 Å². The first kappa shape index (κ1) is 29.3. The van der Waals surface area contributed by atoms with Crippen LogP contribution in [0.25, 0.3) is 10.9 Å². The summed E-state index contributed by atoms with van der Waals surface area (Å²) >= 11 is 18.7. The zero-order valence-corrected chi connectivity index (χ0v) is 25.1. The summed E-state index contributed by atoms with van der Waals surface area (Å²) in [6.07, 6.45) is 3.60. The molecule has 1 fully saturated rings. The minimum absolute atomic E-state index is 0.0121. The Kier molecular flexibility index (Phi) is 7.95. The zero-order chi connectivity index (χ0) is 30.3. The van der Waals surface area contributed by atoms with Gasteiger partial charge in [-0.2, -0.15) is 20.7 Å². The molecule has 1 aliphatic heterocycles. The summed E-state index contributed by atoms with van der Waals surface area (Å²) in [5, 5.41) is 27.7. The standard InChI is InChI=1S/C28H22Cl3FN8O2S/c29-20-5-6-22(25(32)24(20)31)37-26-16(12-33)13-34-28-19(26)10-17(11-21(28)30)36-27(23-14-35-39-38-23)15-3-1-4-18(9-15)40-7-2-8-43(40,41)42/h1,3-6,9-11,13-14,27,36,41-42H,2,7-8H2,(H,34,37)(H,35,38,39)/t27-/m0/s1. The van der Waals surface area contributed by atoms with Gasteiger partial charge in [-0.25, -0.2) is 4.39 Å². The van der Waals surface area contributed by atoms with Crippen LogP contribution < -0.4 is 14.9 Å². The molecule has 6 rings (SSSR count).